The minimum absolute atomic E-state index is 0.0000251. The number of carbonyl (C=O) groups is 2. The molecule has 2 atom stereocenters. The minimum Gasteiger partial charge on any atom is -0.478 e. The van der Waals surface area contributed by atoms with Crippen LogP contribution in [-0.2, 0) is 0 Å². The first-order valence-corrected chi connectivity index (χ1v) is 15.4. The van der Waals surface area contributed by atoms with Crippen molar-refractivity contribution in [3.05, 3.63) is 101 Å². The SMILES string of the molecule is Nc1ncc(/C=C(\F)c2cc(C(=O)N[C@H]3CC4(CC4)C[C@@H]3O)ccc2OC(F)F)cn1.O=C(O)c1ccc(OC(F)F)c(C#Cc2cncnc2)c1. The van der Waals surface area contributed by atoms with E-state index < -0.39 is 48.8 Å². The number of alkyl halides is 4. The lowest BCUT2D eigenvalue weighted by molar-refractivity contribution is -0.0507. The molecular weight excluding hydrogens is 695 g/mol. The molecule has 270 valence electrons. The van der Waals surface area contributed by atoms with E-state index >= 15 is 0 Å². The number of carboxylic acids is 1. The van der Waals surface area contributed by atoms with Crippen molar-refractivity contribution in [3.63, 3.8) is 0 Å². The number of anilines is 1. The van der Waals surface area contributed by atoms with Gasteiger partial charge in [-0.3, -0.25) is 4.79 Å². The first kappa shape index (κ1) is 37.1. The molecule has 1 amide bonds. The molecule has 2 aromatic carbocycles. The van der Waals surface area contributed by atoms with Gasteiger partial charge >= 0.3 is 19.2 Å². The van der Waals surface area contributed by atoms with Crippen LogP contribution in [0.2, 0.25) is 0 Å². The normalized spacial score (nSPS) is 17.1. The Morgan fingerprint density at radius 2 is 1.56 bits per heavy atom. The van der Waals surface area contributed by atoms with Crippen LogP contribution in [0, 0.1) is 17.3 Å². The Bertz CT molecular complexity index is 2000. The molecule has 17 heteroatoms. The standard InChI is InChI=1S/C21H21F3N4O3.C14H8F2N2O3/c22-14(5-11-9-26-20(25)27-10-11)13-6-12(1-2-17(13)31-19(23)24)18(30)28-15-7-21(3-4-21)8-16(15)29;15-14(16)21-12-4-3-11(13(19)20)5-10(12)2-1-9-6-17-8-18-7-9/h1-2,5-6,9-10,15-16,19,29H,3-4,7-8H2,(H,28,30)(H2,25,26,27);3-8,14H,(H,19,20)/b14-5-;/t15-,16-;/m0./s1. The minimum atomic E-state index is -3.17. The van der Waals surface area contributed by atoms with E-state index in [1.807, 2.05) is 0 Å². The number of carbonyl (C=O) groups excluding carboxylic acids is 1. The number of hydrogen-bond donors (Lipinski definition) is 4. The molecule has 2 aliphatic carbocycles. The number of carboxylic acid groups (broad SMARTS) is 1. The highest BCUT2D eigenvalue weighted by atomic mass is 19.3. The van der Waals surface area contributed by atoms with Crippen molar-refractivity contribution < 1.29 is 51.2 Å². The number of ether oxygens (including phenoxy) is 2. The molecule has 0 saturated heterocycles. The molecular formula is C35H29F5N6O6. The fourth-order valence-electron chi connectivity index (χ4n) is 5.42. The molecule has 2 fully saturated rings. The third-order valence-corrected chi connectivity index (χ3v) is 8.08. The summed E-state index contributed by atoms with van der Waals surface area (Å²) in [5.41, 5.74) is 5.91. The second-order valence-corrected chi connectivity index (χ2v) is 11.8. The van der Waals surface area contributed by atoms with Crippen LogP contribution in [0.15, 0.2) is 67.5 Å². The average Bonchev–Trinajstić information content (AvgIpc) is 3.79. The largest absolute Gasteiger partial charge is 0.478 e. The summed E-state index contributed by atoms with van der Waals surface area (Å²) in [6.07, 6.45) is 10.5. The Morgan fingerprint density at radius 1 is 0.923 bits per heavy atom. The maximum atomic E-state index is 14.9. The van der Waals surface area contributed by atoms with E-state index in [2.05, 4.69) is 46.6 Å². The summed E-state index contributed by atoms with van der Waals surface area (Å²) in [5.74, 6) is 1.97. The maximum absolute atomic E-state index is 14.9. The van der Waals surface area contributed by atoms with Gasteiger partial charge in [0.15, 0.2) is 0 Å². The molecule has 0 bridgehead atoms. The van der Waals surface area contributed by atoms with Crippen LogP contribution in [0.1, 0.15) is 68.7 Å². The zero-order valence-corrected chi connectivity index (χ0v) is 26.8. The van der Waals surface area contributed by atoms with Gasteiger partial charge in [0.25, 0.3) is 5.91 Å². The number of amides is 1. The van der Waals surface area contributed by atoms with Gasteiger partial charge < -0.3 is 30.7 Å². The predicted molar refractivity (Wildman–Crippen MR) is 175 cm³/mol. The van der Waals surface area contributed by atoms with Crippen molar-refractivity contribution in [2.24, 2.45) is 5.41 Å². The highest BCUT2D eigenvalue weighted by Gasteiger charge is 2.52. The number of nitrogens with one attached hydrogen (secondary N) is 1. The topological polar surface area (TPSA) is 183 Å². The number of hydrogen-bond acceptors (Lipinski definition) is 10. The Labute approximate surface area is 292 Å². The molecule has 1 spiro atoms. The molecule has 0 unspecified atom stereocenters. The van der Waals surface area contributed by atoms with Gasteiger partial charge in [0.1, 0.15) is 23.7 Å². The van der Waals surface area contributed by atoms with Crippen molar-refractivity contribution in [3.8, 4) is 23.3 Å². The van der Waals surface area contributed by atoms with E-state index in [0.717, 1.165) is 49.2 Å². The summed E-state index contributed by atoms with van der Waals surface area (Å²) in [5, 5.41) is 21.9. The number of aromatic nitrogens is 4. The van der Waals surface area contributed by atoms with Crippen molar-refractivity contribution in [2.75, 3.05) is 5.73 Å². The molecule has 0 radical (unpaired) electrons. The Kier molecular flexibility index (Phi) is 11.6. The summed E-state index contributed by atoms with van der Waals surface area (Å²) < 4.78 is 73.8. The van der Waals surface area contributed by atoms with Gasteiger partial charge in [0, 0.05) is 35.9 Å². The van der Waals surface area contributed by atoms with Crippen LogP contribution in [0.5, 0.6) is 11.5 Å². The number of nitrogen functional groups attached to an aromatic ring is 1. The van der Waals surface area contributed by atoms with Crippen LogP contribution in [0.25, 0.3) is 11.9 Å². The lowest BCUT2D eigenvalue weighted by Crippen LogP contribution is -2.39. The van der Waals surface area contributed by atoms with Gasteiger partial charge in [-0.05, 0) is 73.6 Å². The zero-order chi connectivity index (χ0) is 37.4. The van der Waals surface area contributed by atoms with Crippen molar-refractivity contribution in [1.29, 1.82) is 0 Å². The fourth-order valence-corrected chi connectivity index (χ4v) is 5.42. The summed E-state index contributed by atoms with van der Waals surface area (Å²) >= 11 is 0. The maximum Gasteiger partial charge on any atom is 0.387 e. The number of aliphatic hydroxyl groups excluding tert-OH is 1. The number of rotatable bonds is 9. The third kappa shape index (κ3) is 9.97. The van der Waals surface area contributed by atoms with Gasteiger partial charge in [-0.25, -0.2) is 29.1 Å². The molecule has 2 aromatic heterocycles. The predicted octanol–water partition coefficient (Wildman–Crippen LogP) is 5.34. The summed E-state index contributed by atoms with van der Waals surface area (Å²) in [6, 6.07) is 6.57. The molecule has 5 N–H and O–H groups in total. The highest BCUT2D eigenvalue weighted by Crippen LogP contribution is 2.57. The first-order chi connectivity index (χ1) is 24.8. The molecule has 0 aliphatic heterocycles. The third-order valence-electron chi connectivity index (χ3n) is 8.08. The van der Waals surface area contributed by atoms with Crippen molar-refractivity contribution >= 4 is 29.7 Å². The van der Waals surface area contributed by atoms with Crippen LogP contribution >= 0.6 is 0 Å². The van der Waals surface area contributed by atoms with Gasteiger partial charge in [-0.2, -0.15) is 17.6 Å². The van der Waals surface area contributed by atoms with Crippen LogP contribution in [0.4, 0.5) is 27.9 Å². The van der Waals surface area contributed by atoms with Gasteiger partial charge in [-0.15, -0.1) is 0 Å². The second-order valence-electron chi connectivity index (χ2n) is 11.8. The van der Waals surface area contributed by atoms with E-state index in [9.17, 15) is 36.6 Å². The van der Waals surface area contributed by atoms with Gasteiger partial charge in [-0.1, -0.05) is 11.8 Å². The van der Waals surface area contributed by atoms with Crippen LogP contribution in [0.3, 0.4) is 0 Å². The Balaban J connectivity index is 0.000000217. The molecule has 2 heterocycles. The highest BCUT2D eigenvalue weighted by molar-refractivity contribution is 5.96. The average molecular weight is 725 g/mol. The summed E-state index contributed by atoms with van der Waals surface area (Å²) in [7, 11) is 0. The monoisotopic (exact) mass is 724 g/mol. The lowest BCUT2D eigenvalue weighted by Gasteiger charge is -2.17. The number of nitrogens with zero attached hydrogens (tertiary/aromatic N) is 4. The van der Waals surface area contributed by atoms with E-state index in [-0.39, 0.29) is 44.9 Å². The molecule has 4 aromatic rings. The molecule has 2 aliphatic rings. The van der Waals surface area contributed by atoms with E-state index in [4.69, 9.17) is 10.8 Å². The van der Waals surface area contributed by atoms with E-state index in [1.165, 1.54) is 37.2 Å². The summed E-state index contributed by atoms with van der Waals surface area (Å²) in [6.45, 7) is -6.20. The van der Waals surface area contributed by atoms with Gasteiger partial charge in [0.05, 0.1) is 34.4 Å². The number of aliphatic hydroxyl groups is 1. The molecule has 52 heavy (non-hydrogen) atoms. The molecule has 12 nitrogen and oxygen atoms in total. The van der Waals surface area contributed by atoms with E-state index in [0.29, 0.717) is 18.4 Å². The van der Waals surface area contributed by atoms with E-state index in [1.54, 1.807) is 0 Å². The Morgan fingerprint density at radius 3 is 2.17 bits per heavy atom. The lowest BCUT2D eigenvalue weighted by atomic mass is 10.0. The summed E-state index contributed by atoms with van der Waals surface area (Å²) in [4.78, 5) is 38.6. The number of nitrogens with two attached hydrogens (primary N) is 1. The van der Waals surface area contributed by atoms with Gasteiger partial charge in [0.2, 0.25) is 5.95 Å². The quantitative estimate of drug-likeness (QED) is 0.129. The fraction of sp³-hybridized carbons (Fsp3) is 0.257. The van der Waals surface area contributed by atoms with Crippen LogP contribution in [-0.4, -0.2) is 67.4 Å². The number of benzene rings is 2. The first-order valence-electron chi connectivity index (χ1n) is 15.4. The number of halogens is 5. The smallest absolute Gasteiger partial charge is 0.387 e. The van der Waals surface area contributed by atoms with Crippen LogP contribution < -0.4 is 20.5 Å². The van der Waals surface area contributed by atoms with Crippen molar-refractivity contribution in [2.45, 2.75) is 51.1 Å². The number of aromatic carboxylic acids is 1. The zero-order valence-electron chi connectivity index (χ0n) is 26.8. The molecule has 2 saturated carbocycles. The second kappa shape index (κ2) is 16.2. The Hall–Kier alpha value is -6.15. The van der Waals surface area contributed by atoms with Crippen molar-refractivity contribution in [1.82, 2.24) is 25.3 Å². The molecule has 6 rings (SSSR count).